The molecule has 4 nitrogen and oxygen atoms in total. The van der Waals surface area contributed by atoms with E-state index in [0.29, 0.717) is 5.75 Å². The molecular formula is C9H10ClFN2O2. The van der Waals surface area contributed by atoms with Crippen LogP contribution in [0.15, 0.2) is 23.4 Å². The van der Waals surface area contributed by atoms with Crippen molar-refractivity contribution in [2.75, 3.05) is 6.61 Å². The molecule has 0 aliphatic carbocycles. The summed E-state index contributed by atoms with van der Waals surface area (Å²) in [7, 11) is 0. The Labute approximate surface area is 91.1 Å². The second kappa shape index (κ2) is 5.41. The number of nitrogens with two attached hydrogens (primary N) is 1. The van der Waals surface area contributed by atoms with Crippen molar-refractivity contribution in [1.29, 1.82) is 0 Å². The van der Waals surface area contributed by atoms with Gasteiger partial charge in [-0.15, -0.1) is 0 Å². The molecule has 0 aliphatic heterocycles. The third-order valence-electron chi connectivity index (χ3n) is 1.64. The van der Waals surface area contributed by atoms with Crippen LogP contribution in [0.2, 0.25) is 5.02 Å². The van der Waals surface area contributed by atoms with Crippen LogP contribution in [-0.2, 0) is 0 Å². The summed E-state index contributed by atoms with van der Waals surface area (Å²) in [6.07, 6.45) is 0.268. The molecule has 0 atom stereocenters. The molecule has 1 aromatic carbocycles. The van der Waals surface area contributed by atoms with Crippen LogP contribution in [0.5, 0.6) is 5.75 Å². The van der Waals surface area contributed by atoms with Gasteiger partial charge in [-0.1, -0.05) is 16.8 Å². The van der Waals surface area contributed by atoms with Crippen molar-refractivity contribution in [2.45, 2.75) is 6.42 Å². The van der Waals surface area contributed by atoms with E-state index in [1.807, 2.05) is 0 Å². The zero-order valence-corrected chi connectivity index (χ0v) is 8.54. The summed E-state index contributed by atoms with van der Waals surface area (Å²) in [6.45, 7) is 0.210. The number of nitrogens with zero attached hydrogens (tertiary/aromatic N) is 1. The van der Waals surface area contributed by atoms with Gasteiger partial charge in [0.25, 0.3) is 0 Å². The maximum absolute atomic E-state index is 12.6. The number of hydrogen-bond donors (Lipinski definition) is 2. The first-order valence-electron chi connectivity index (χ1n) is 4.17. The van der Waals surface area contributed by atoms with Crippen LogP contribution in [0.3, 0.4) is 0 Å². The Bertz CT molecular complexity index is 371. The number of ether oxygens (including phenoxy) is 1. The molecule has 0 fully saturated rings. The van der Waals surface area contributed by atoms with Gasteiger partial charge < -0.3 is 15.7 Å². The summed E-state index contributed by atoms with van der Waals surface area (Å²) in [5, 5.41) is 11.2. The molecule has 0 unspecified atom stereocenters. The first kappa shape index (κ1) is 11.6. The first-order valence-corrected chi connectivity index (χ1v) is 4.55. The standard InChI is InChI=1S/C9H10ClFN2O2/c10-7-5-6(11)1-2-8(7)15-4-3-9(12)13-14/h1-2,5,14H,3-4H2,(H2,12,13). The molecule has 0 spiro atoms. The van der Waals surface area contributed by atoms with Crippen molar-refractivity contribution in [1.82, 2.24) is 0 Å². The smallest absolute Gasteiger partial charge is 0.142 e. The Morgan fingerprint density at radius 3 is 2.93 bits per heavy atom. The van der Waals surface area contributed by atoms with Gasteiger partial charge in [-0.3, -0.25) is 0 Å². The molecule has 6 heteroatoms. The van der Waals surface area contributed by atoms with E-state index in [9.17, 15) is 4.39 Å². The highest BCUT2D eigenvalue weighted by molar-refractivity contribution is 6.32. The lowest BCUT2D eigenvalue weighted by atomic mass is 10.3. The van der Waals surface area contributed by atoms with Crippen LogP contribution < -0.4 is 10.5 Å². The molecule has 1 rings (SSSR count). The summed E-state index contributed by atoms with van der Waals surface area (Å²) in [5.41, 5.74) is 5.23. The predicted octanol–water partition coefficient (Wildman–Crippen LogP) is 1.99. The number of hydrogen-bond acceptors (Lipinski definition) is 3. The van der Waals surface area contributed by atoms with E-state index in [4.69, 9.17) is 27.3 Å². The normalized spacial score (nSPS) is 11.5. The average molecular weight is 233 g/mol. The van der Waals surface area contributed by atoms with Crippen molar-refractivity contribution in [3.8, 4) is 5.75 Å². The molecule has 0 amide bonds. The van der Waals surface area contributed by atoms with Gasteiger partial charge >= 0.3 is 0 Å². The molecule has 0 bridgehead atoms. The number of benzene rings is 1. The van der Waals surface area contributed by atoms with Gasteiger partial charge in [0, 0.05) is 6.42 Å². The van der Waals surface area contributed by atoms with Crippen LogP contribution in [0.25, 0.3) is 0 Å². The van der Waals surface area contributed by atoms with Gasteiger partial charge in [0.2, 0.25) is 0 Å². The number of halogens is 2. The lowest BCUT2D eigenvalue weighted by molar-refractivity contribution is 0.305. The number of rotatable bonds is 4. The summed E-state index contributed by atoms with van der Waals surface area (Å²) in [6, 6.07) is 3.81. The summed E-state index contributed by atoms with van der Waals surface area (Å²) >= 11 is 5.70. The van der Waals surface area contributed by atoms with E-state index < -0.39 is 5.82 Å². The SMILES string of the molecule is N/C(CCOc1ccc(F)cc1Cl)=N\O. The Hall–Kier alpha value is -1.49. The fourth-order valence-electron chi connectivity index (χ4n) is 0.908. The second-order valence-corrected chi connectivity index (χ2v) is 3.17. The zero-order valence-electron chi connectivity index (χ0n) is 7.78. The third-order valence-corrected chi connectivity index (χ3v) is 1.93. The largest absolute Gasteiger partial charge is 0.492 e. The average Bonchev–Trinajstić information content (AvgIpc) is 2.21. The van der Waals surface area contributed by atoms with Crippen LogP contribution in [0, 0.1) is 5.82 Å². The minimum absolute atomic E-state index is 0.0632. The second-order valence-electron chi connectivity index (χ2n) is 2.76. The molecule has 82 valence electrons. The molecule has 15 heavy (non-hydrogen) atoms. The molecule has 0 aliphatic rings. The fourth-order valence-corrected chi connectivity index (χ4v) is 1.13. The lowest BCUT2D eigenvalue weighted by Gasteiger charge is -2.06. The third kappa shape index (κ3) is 3.63. The lowest BCUT2D eigenvalue weighted by Crippen LogP contribution is -2.15. The number of amidine groups is 1. The number of oxime groups is 1. The maximum atomic E-state index is 12.6. The molecule has 0 saturated heterocycles. The van der Waals surface area contributed by atoms with Crippen LogP contribution in [0.1, 0.15) is 6.42 Å². The minimum atomic E-state index is -0.427. The van der Waals surface area contributed by atoms with E-state index >= 15 is 0 Å². The molecule has 3 N–H and O–H groups in total. The molecule has 0 saturated carbocycles. The van der Waals surface area contributed by atoms with E-state index in [1.165, 1.54) is 12.1 Å². The van der Waals surface area contributed by atoms with E-state index in [2.05, 4.69) is 5.16 Å². The maximum Gasteiger partial charge on any atom is 0.142 e. The monoisotopic (exact) mass is 232 g/mol. The van der Waals surface area contributed by atoms with E-state index in [0.717, 1.165) is 6.07 Å². The molecule has 0 aromatic heterocycles. The summed E-state index contributed by atoms with van der Waals surface area (Å²) in [5.74, 6) is 0.000764. The highest BCUT2D eigenvalue weighted by Crippen LogP contribution is 2.24. The van der Waals surface area contributed by atoms with Gasteiger partial charge in [0.05, 0.1) is 11.6 Å². The molecular weight excluding hydrogens is 223 g/mol. The van der Waals surface area contributed by atoms with E-state index in [-0.39, 0.29) is 23.9 Å². The molecule has 0 heterocycles. The highest BCUT2D eigenvalue weighted by atomic mass is 35.5. The van der Waals surface area contributed by atoms with Crippen molar-refractivity contribution >= 4 is 17.4 Å². The summed E-state index contributed by atoms with van der Waals surface area (Å²) < 4.78 is 17.8. The quantitative estimate of drug-likeness (QED) is 0.361. The Balaban J connectivity index is 2.51. The first-order chi connectivity index (χ1) is 7.13. The van der Waals surface area contributed by atoms with Gasteiger partial charge in [0.1, 0.15) is 17.4 Å². The van der Waals surface area contributed by atoms with Gasteiger partial charge in [-0.2, -0.15) is 0 Å². The minimum Gasteiger partial charge on any atom is -0.492 e. The van der Waals surface area contributed by atoms with Crippen molar-refractivity contribution in [2.24, 2.45) is 10.9 Å². The van der Waals surface area contributed by atoms with Crippen LogP contribution in [0.4, 0.5) is 4.39 Å². The fraction of sp³-hybridized carbons (Fsp3) is 0.222. The van der Waals surface area contributed by atoms with Gasteiger partial charge in [0.15, 0.2) is 0 Å². The predicted molar refractivity (Wildman–Crippen MR) is 54.9 cm³/mol. The van der Waals surface area contributed by atoms with E-state index in [1.54, 1.807) is 0 Å². The van der Waals surface area contributed by atoms with Gasteiger partial charge in [-0.25, -0.2) is 4.39 Å². The van der Waals surface area contributed by atoms with Crippen LogP contribution in [-0.4, -0.2) is 17.6 Å². The Morgan fingerprint density at radius 1 is 1.60 bits per heavy atom. The molecule has 0 radical (unpaired) electrons. The van der Waals surface area contributed by atoms with Crippen molar-refractivity contribution in [3.63, 3.8) is 0 Å². The van der Waals surface area contributed by atoms with Crippen molar-refractivity contribution < 1.29 is 14.3 Å². The van der Waals surface area contributed by atoms with Crippen LogP contribution >= 0.6 is 11.6 Å². The van der Waals surface area contributed by atoms with Crippen molar-refractivity contribution in [3.05, 3.63) is 29.0 Å². The summed E-state index contributed by atoms with van der Waals surface area (Å²) in [4.78, 5) is 0. The Kier molecular flexibility index (Phi) is 4.17. The zero-order chi connectivity index (χ0) is 11.3. The topological polar surface area (TPSA) is 67.8 Å². The Morgan fingerprint density at radius 2 is 2.33 bits per heavy atom. The molecule has 1 aromatic rings. The highest BCUT2D eigenvalue weighted by Gasteiger charge is 2.03. The van der Waals surface area contributed by atoms with Gasteiger partial charge in [-0.05, 0) is 18.2 Å².